The molecule has 0 aliphatic carbocycles. The summed E-state index contributed by atoms with van der Waals surface area (Å²) in [7, 11) is 1.47. The Bertz CT molecular complexity index is 617. The number of hydrogen-bond acceptors (Lipinski definition) is 3. The van der Waals surface area contributed by atoms with Crippen LogP contribution >= 0.6 is 0 Å². The molecular formula is C16H17FN2O2. The predicted octanol–water partition coefficient (Wildman–Crippen LogP) is 2.34. The third-order valence-electron chi connectivity index (χ3n) is 3.07. The Kier molecular flexibility index (Phi) is 4.90. The van der Waals surface area contributed by atoms with Crippen molar-refractivity contribution < 1.29 is 13.9 Å². The number of carbonyl (C=O) groups excluding carboxylic acids is 1. The second-order valence-corrected chi connectivity index (χ2v) is 4.63. The van der Waals surface area contributed by atoms with Gasteiger partial charge < -0.3 is 15.8 Å². The van der Waals surface area contributed by atoms with E-state index in [9.17, 15) is 9.18 Å². The fourth-order valence-corrected chi connectivity index (χ4v) is 1.91. The average molecular weight is 288 g/mol. The molecule has 0 aromatic heterocycles. The second-order valence-electron chi connectivity index (χ2n) is 4.63. The van der Waals surface area contributed by atoms with Crippen LogP contribution in [0.1, 0.15) is 5.56 Å². The summed E-state index contributed by atoms with van der Waals surface area (Å²) in [4.78, 5) is 12.0. The van der Waals surface area contributed by atoms with Crippen LogP contribution in [0.25, 0.3) is 0 Å². The van der Waals surface area contributed by atoms with E-state index in [0.717, 1.165) is 5.56 Å². The van der Waals surface area contributed by atoms with Crippen LogP contribution in [0.2, 0.25) is 0 Å². The normalized spacial score (nSPS) is 11.8. The first-order chi connectivity index (χ1) is 10.1. The quantitative estimate of drug-likeness (QED) is 0.887. The van der Waals surface area contributed by atoms with Crippen LogP contribution in [0.15, 0.2) is 48.5 Å². The van der Waals surface area contributed by atoms with Gasteiger partial charge in [0, 0.05) is 6.07 Å². The largest absolute Gasteiger partial charge is 0.497 e. The van der Waals surface area contributed by atoms with Gasteiger partial charge in [-0.2, -0.15) is 0 Å². The second kappa shape index (κ2) is 6.85. The Morgan fingerprint density at radius 2 is 2.00 bits per heavy atom. The van der Waals surface area contributed by atoms with Gasteiger partial charge in [0.15, 0.2) is 0 Å². The van der Waals surface area contributed by atoms with Crippen molar-refractivity contribution in [3.63, 3.8) is 0 Å². The van der Waals surface area contributed by atoms with Gasteiger partial charge in [-0.05, 0) is 24.1 Å². The van der Waals surface area contributed by atoms with Gasteiger partial charge in [0.25, 0.3) is 0 Å². The third-order valence-corrected chi connectivity index (χ3v) is 3.07. The summed E-state index contributed by atoms with van der Waals surface area (Å²) in [6.07, 6.45) is 0.387. The highest BCUT2D eigenvalue weighted by Gasteiger charge is 2.16. The molecule has 0 aliphatic heterocycles. The number of anilines is 1. The molecule has 2 rings (SSSR count). The molecule has 21 heavy (non-hydrogen) atoms. The molecule has 0 saturated carbocycles. The maximum atomic E-state index is 13.6. The maximum absolute atomic E-state index is 13.6. The molecule has 1 atom stereocenters. The zero-order valence-electron chi connectivity index (χ0n) is 11.7. The first-order valence-corrected chi connectivity index (χ1v) is 6.54. The third kappa shape index (κ3) is 4.03. The van der Waals surface area contributed by atoms with Gasteiger partial charge in [-0.3, -0.25) is 4.79 Å². The monoisotopic (exact) mass is 288 g/mol. The van der Waals surface area contributed by atoms with Crippen LogP contribution < -0.4 is 15.8 Å². The fourth-order valence-electron chi connectivity index (χ4n) is 1.91. The molecule has 0 bridgehead atoms. The first-order valence-electron chi connectivity index (χ1n) is 6.54. The Hall–Kier alpha value is -2.40. The summed E-state index contributed by atoms with van der Waals surface area (Å²) < 4.78 is 18.6. The first kappa shape index (κ1) is 15.0. The highest BCUT2D eigenvalue weighted by Crippen LogP contribution is 2.21. The van der Waals surface area contributed by atoms with Gasteiger partial charge in [-0.15, -0.1) is 0 Å². The van der Waals surface area contributed by atoms with Crippen LogP contribution in [0.5, 0.6) is 5.75 Å². The van der Waals surface area contributed by atoms with Crippen molar-refractivity contribution in [1.29, 1.82) is 0 Å². The lowest BCUT2D eigenvalue weighted by Crippen LogP contribution is -2.37. The SMILES string of the molecule is COc1ccc(F)c(NC(=O)[C@H](N)Cc2ccccc2)c1. The lowest BCUT2D eigenvalue weighted by molar-refractivity contribution is -0.117. The Balaban J connectivity index is 2.04. The average Bonchev–Trinajstić information content (AvgIpc) is 2.50. The van der Waals surface area contributed by atoms with Gasteiger partial charge in [-0.25, -0.2) is 4.39 Å². The number of nitrogens with two attached hydrogens (primary N) is 1. The summed E-state index contributed by atoms with van der Waals surface area (Å²) in [5.74, 6) is -0.509. The van der Waals surface area contributed by atoms with Gasteiger partial charge in [-0.1, -0.05) is 30.3 Å². The van der Waals surface area contributed by atoms with E-state index in [2.05, 4.69) is 5.32 Å². The zero-order valence-corrected chi connectivity index (χ0v) is 11.7. The van der Waals surface area contributed by atoms with Crippen LogP contribution in [-0.4, -0.2) is 19.1 Å². The Morgan fingerprint density at radius 1 is 1.29 bits per heavy atom. The van der Waals surface area contributed by atoms with Crippen molar-refractivity contribution in [1.82, 2.24) is 0 Å². The van der Waals surface area contributed by atoms with E-state index < -0.39 is 17.8 Å². The van der Waals surface area contributed by atoms with E-state index in [1.165, 1.54) is 25.3 Å². The molecular weight excluding hydrogens is 271 g/mol. The van der Waals surface area contributed by atoms with E-state index in [1.54, 1.807) is 0 Å². The molecule has 0 spiro atoms. The molecule has 3 N–H and O–H groups in total. The summed E-state index contributed by atoms with van der Waals surface area (Å²) in [5.41, 5.74) is 6.86. The maximum Gasteiger partial charge on any atom is 0.241 e. The van der Waals surface area contributed by atoms with Crippen molar-refractivity contribution in [2.75, 3.05) is 12.4 Å². The van der Waals surface area contributed by atoms with Crippen molar-refractivity contribution in [3.05, 3.63) is 59.9 Å². The standard InChI is InChI=1S/C16H17FN2O2/c1-21-12-7-8-13(17)15(10-12)19-16(20)14(18)9-11-5-3-2-4-6-11/h2-8,10,14H,9,18H2,1H3,(H,19,20)/t14-/m1/s1. The lowest BCUT2D eigenvalue weighted by atomic mass is 10.1. The smallest absolute Gasteiger partial charge is 0.241 e. The van der Waals surface area contributed by atoms with Crippen LogP contribution in [0.3, 0.4) is 0 Å². The summed E-state index contributed by atoms with van der Waals surface area (Å²) in [6, 6.07) is 12.8. The van der Waals surface area contributed by atoms with E-state index in [-0.39, 0.29) is 5.69 Å². The number of nitrogens with one attached hydrogen (secondary N) is 1. The minimum Gasteiger partial charge on any atom is -0.497 e. The molecule has 5 heteroatoms. The molecule has 0 saturated heterocycles. The molecule has 110 valence electrons. The van der Waals surface area contributed by atoms with Crippen LogP contribution in [0.4, 0.5) is 10.1 Å². The number of methoxy groups -OCH3 is 1. The lowest BCUT2D eigenvalue weighted by Gasteiger charge is -2.13. The predicted molar refractivity (Wildman–Crippen MR) is 79.7 cm³/mol. The van der Waals surface area contributed by atoms with Gasteiger partial charge in [0.1, 0.15) is 11.6 Å². The van der Waals surface area contributed by atoms with E-state index in [0.29, 0.717) is 12.2 Å². The van der Waals surface area contributed by atoms with Gasteiger partial charge in [0.05, 0.1) is 18.8 Å². The number of hydrogen-bond donors (Lipinski definition) is 2. The number of carbonyl (C=O) groups is 1. The van der Waals surface area contributed by atoms with Crippen molar-refractivity contribution in [2.24, 2.45) is 5.73 Å². The Morgan fingerprint density at radius 3 is 2.67 bits per heavy atom. The molecule has 1 amide bonds. The van der Waals surface area contributed by atoms with E-state index in [4.69, 9.17) is 10.5 Å². The number of amides is 1. The molecule has 0 aliphatic rings. The topological polar surface area (TPSA) is 64.3 Å². The van der Waals surface area contributed by atoms with Crippen molar-refractivity contribution >= 4 is 11.6 Å². The number of halogens is 1. The molecule has 0 heterocycles. The number of ether oxygens (including phenoxy) is 1. The zero-order chi connectivity index (χ0) is 15.2. The summed E-state index contributed by atoms with van der Waals surface area (Å²) >= 11 is 0. The molecule has 0 unspecified atom stereocenters. The molecule has 2 aromatic rings. The molecule has 0 fully saturated rings. The van der Waals surface area contributed by atoms with Crippen LogP contribution in [0, 0.1) is 5.82 Å². The fraction of sp³-hybridized carbons (Fsp3) is 0.188. The molecule has 0 radical (unpaired) electrons. The molecule has 2 aromatic carbocycles. The van der Waals surface area contributed by atoms with E-state index >= 15 is 0 Å². The number of rotatable bonds is 5. The highest BCUT2D eigenvalue weighted by molar-refractivity contribution is 5.95. The summed E-state index contributed by atoms with van der Waals surface area (Å²) in [6.45, 7) is 0. The molecule has 4 nitrogen and oxygen atoms in total. The van der Waals surface area contributed by atoms with Gasteiger partial charge >= 0.3 is 0 Å². The minimum atomic E-state index is -0.752. The van der Waals surface area contributed by atoms with E-state index in [1.807, 2.05) is 30.3 Å². The summed E-state index contributed by atoms with van der Waals surface area (Å²) in [5, 5.41) is 2.49. The van der Waals surface area contributed by atoms with Crippen molar-refractivity contribution in [2.45, 2.75) is 12.5 Å². The van der Waals surface area contributed by atoms with Crippen molar-refractivity contribution in [3.8, 4) is 5.75 Å². The highest BCUT2D eigenvalue weighted by atomic mass is 19.1. The Labute approximate surface area is 122 Å². The van der Waals surface area contributed by atoms with Gasteiger partial charge in [0.2, 0.25) is 5.91 Å². The minimum absolute atomic E-state index is 0.0582. The number of benzene rings is 2. The van der Waals surface area contributed by atoms with Crippen LogP contribution in [-0.2, 0) is 11.2 Å².